The summed E-state index contributed by atoms with van der Waals surface area (Å²) in [7, 11) is 0. The fourth-order valence-electron chi connectivity index (χ4n) is 1.76. The lowest BCUT2D eigenvalue weighted by molar-refractivity contribution is -0.408. The molecule has 2 rings (SSSR count). The maximum absolute atomic E-state index is 13.6. The number of nitro groups is 1. The van der Waals surface area contributed by atoms with Gasteiger partial charge in [-0.05, 0) is 29.5 Å². The van der Waals surface area contributed by atoms with Crippen molar-refractivity contribution >= 4 is 17.8 Å². The van der Waals surface area contributed by atoms with Crippen molar-refractivity contribution in [3.05, 3.63) is 85.4 Å². The second kappa shape index (κ2) is 7.60. The molecule has 0 unspecified atom stereocenters. The van der Waals surface area contributed by atoms with Crippen molar-refractivity contribution in [2.24, 2.45) is 0 Å². The molecular weight excluding hydrogens is 372 g/mol. The lowest BCUT2D eigenvalue weighted by atomic mass is 10.1. The Bertz CT molecular complexity index is 825. The predicted molar refractivity (Wildman–Crippen MR) is 78.9 cm³/mol. The second-order valence-corrected chi connectivity index (χ2v) is 5.63. The first-order valence-electron chi connectivity index (χ1n) is 6.47. The summed E-state index contributed by atoms with van der Waals surface area (Å²) in [5.74, 6) is -11.7. The van der Waals surface area contributed by atoms with Crippen LogP contribution in [0.25, 0.3) is 6.08 Å². The van der Waals surface area contributed by atoms with E-state index in [0.717, 1.165) is 12.1 Å². The van der Waals surface area contributed by atoms with Crippen LogP contribution >= 0.6 is 11.8 Å². The average molecular weight is 379 g/mol. The first-order valence-corrected chi connectivity index (χ1v) is 7.45. The highest BCUT2D eigenvalue weighted by Crippen LogP contribution is 2.29. The second-order valence-electron chi connectivity index (χ2n) is 4.64. The van der Waals surface area contributed by atoms with Crippen molar-refractivity contribution in [3.8, 4) is 0 Å². The molecule has 0 heterocycles. The van der Waals surface area contributed by atoms with Crippen LogP contribution in [0.15, 0.2) is 29.3 Å². The Kier molecular flexibility index (Phi) is 5.73. The van der Waals surface area contributed by atoms with Gasteiger partial charge in [0.1, 0.15) is 5.82 Å². The highest BCUT2D eigenvalue weighted by atomic mass is 32.2. The molecule has 2 aromatic carbocycles. The predicted octanol–water partition coefficient (Wildman–Crippen LogP) is 5.03. The van der Waals surface area contributed by atoms with Gasteiger partial charge in [0.15, 0.2) is 23.3 Å². The van der Waals surface area contributed by atoms with Crippen LogP contribution in [-0.2, 0) is 5.75 Å². The number of nitrogens with zero attached hydrogens (tertiary/aromatic N) is 1. The number of halogens is 6. The van der Waals surface area contributed by atoms with Crippen LogP contribution in [0.1, 0.15) is 11.1 Å². The summed E-state index contributed by atoms with van der Waals surface area (Å²) in [5.41, 5.74) is -0.953. The van der Waals surface area contributed by atoms with Crippen LogP contribution in [0.2, 0.25) is 0 Å². The van der Waals surface area contributed by atoms with E-state index in [1.54, 1.807) is 0 Å². The van der Waals surface area contributed by atoms with Gasteiger partial charge in [0.05, 0.1) is 10.5 Å². The van der Waals surface area contributed by atoms with E-state index in [2.05, 4.69) is 0 Å². The molecule has 0 atom stereocenters. The molecule has 0 aliphatic rings. The van der Waals surface area contributed by atoms with Gasteiger partial charge in [-0.15, -0.1) is 0 Å². The summed E-state index contributed by atoms with van der Waals surface area (Å²) in [4.78, 5) is 9.97. The van der Waals surface area contributed by atoms with Crippen molar-refractivity contribution in [1.82, 2.24) is 0 Å². The van der Waals surface area contributed by atoms with Gasteiger partial charge < -0.3 is 0 Å². The molecule has 0 saturated carbocycles. The average Bonchev–Trinajstić information content (AvgIpc) is 2.59. The third-order valence-electron chi connectivity index (χ3n) is 2.99. The first kappa shape index (κ1) is 18.8. The molecule has 0 bridgehead atoms. The van der Waals surface area contributed by atoms with E-state index in [0.29, 0.717) is 17.3 Å². The Morgan fingerprint density at radius 1 is 0.920 bits per heavy atom. The smallest absolute Gasteiger partial charge is 0.258 e. The van der Waals surface area contributed by atoms with Gasteiger partial charge in [-0.2, -0.15) is 0 Å². The van der Waals surface area contributed by atoms with E-state index in [9.17, 15) is 36.5 Å². The van der Waals surface area contributed by atoms with Gasteiger partial charge >= 0.3 is 5.03 Å². The quantitative estimate of drug-likeness (QED) is 0.241. The van der Waals surface area contributed by atoms with Crippen LogP contribution in [0, 0.1) is 45.0 Å². The van der Waals surface area contributed by atoms with Gasteiger partial charge in [-0.3, -0.25) is 10.1 Å². The van der Waals surface area contributed by atoms with Gasteiger partial charge in [0.2, 0.25) is 5.82 Å². The maximum Gasteiger partial charge on any atom is 0.304 e. The van der Waals surface area contributed by atoms with E-state index in [1.165, 1.54) is 12.1 Å². The molecule has 0 saturated heterocycles. The van der Waals surface area contributed by atoms with E-state index in [-0.39, 0.29) is 11.8 Å². The molecule has 0 aromatic heterocycles. The SMILES string of the molecule is O=[N+]([O-])/C(=C\c1c(F)c(F)c(F)c(F)c1F)SCc1ccc(F)cc1. The molecule has 3 nitrogen and oxygen atoms in total. The van der Waals surface area contributed by atoms with Crippen molar-refractivity contribution in [3.63, 3.8) is 0 Å². The number of hydrogen-bond acceptors (Lipinski definition) is 3. The summed E-state index contributed by atoms with van der Waals surface area (Å²) < 4.78 is 79.2. The lowest BCUT2D eigenvalue weighted by Crippen LogP contribution is -2.05. The zero-order valence-corrected chi connectivity index (χ0v) is 12.9. The van der Waals surface area contributed by atoms with Crippen LogP contribution in [-0.4, -0.2) is 4.92 Å². The molecule has 0 aliphatic carbocycles. The highest BCUT2D eigenvalue weighted by Gasteiger charge is 2.26. The molecule has 0 radical (unpaired) electrons. The topological polar surface area (TPSA) is 43.1 Å². The number of rotatable bonds is 5. The molecule has 0 aliphatic heterocycles. The molecule has 25 heavy (non-hydrogen) atoms. The number of thioether (sulfide) groups is 1. The van der Waals surface area contributed by atoms with Gasteiger partial charge in [0.25, 0.3) is 0 Å². The largest absolute Gasteiger partial charge is 0.304 e. The van der Waals surface area contributed by atoms with Crippen molar-refractivity contribution < 1.29 is 31.3 Å². The minimum Gasteiger partial charge on any atom is -0.258 e. The van der Waals surface area contributed by atoms with Gasteiger partial charge in [0, 0.05) is 11.8 Å². The minimum atomic E-state index is -2.35. The molecule has 0 fully saturated rings. The van der Waals surface area contributed by atoms with E-state index in [4.69, 9.17) is 0 Å². The monoisotopic (exact) mass is 379 g/mol. The number of benzene rings is 2. The van der Waals surface area contributed by atoms with Crippen LogP contribution in [0.4, 0.5) is 26.3 Å². The van der Waals surface area contributed by atoms with Crippen LogP contribution < -0.4 is 0 Å². The fraction of sp³-hybridized carbons (Fsp3) is 0.0667. The summed E-state index contributed by atoms with van der Waals surface area (Å²) >= 11 is 0.484. The van der Waals surface area contributed by atoms with Gasteiger partial charge in [-0.25, -0.2) is 26.3 Å². The molecule has 2 aromatic rings. The molecule has 10 heteroatoms. The summed E-state index contributed by atoms with van der Waals surface area (Å²) in [5, 5.41) is 10.1. The van der Waals surface area contributed by atoms with Crippen molar-refractivity contribution in [2.45, 2.75) is 5.75 Å². The van der Waals surface area contributed by atoms with Gasteiger partial charge in [-0.1, -0.05) is 12.1 Å². The zero-order chi connectivity index (χ0) is 18.7. The van der Waals surface area contributed by atoms with Crippen LogP contribution in [0.5, 0.6) is 0 Å². The Morgan fingerprint density at radius 2 is 1.40 bits per heavy atom. The number of hydrogen-bond donors (Lipinski definition) is 0. The fourth-order valence-corrected chi connectivity index (χ4v) is 2.57. The lowest BCUT2D eigenvalue weighted by Gasteiger charge is -2.05. The Labute approximate surface area is 141 Å². The van der Waals surface area contributed by atoms with Crippen molar-refractivity contribution in [2.75, 3.05) is 0 Å². The highest BCUT2D eigenvalue weighted by molar-refractivity contribution is 8.02. The summed E-state index contributed by atoms with van der Waals surface area (Å²) in [6.07, 6.45) is 0.268. The van der Waals surface area contributed by atoms with E-state index in [1.807, 2.05) is 0 Å². The third kappa shape index (κ3) is 4.13. The molecule has 0 N–H and O–H groups in total. The Morgan fingerprint density at radius 3 is 1.88 bits per heavy atom. The molecule has 132 valence electrons. The van der Waals surface area contributed by atoms with Crippen LogP contribution in [0.3, 0.4) is 0 Å². The first-order chi connectivity index (χ1) is 11.7. The Balaban J connectivity index is 2.37. The molecular formula is C15H7F6NO2S. The van der Waals surface area contributed by atoms with Crippen molar-refractivity contribution in [1.29, 1.82) is 0 Å². The summed E-state index contributed by atoms with van der Waals surface area (Å²) in [6, 6.07) is 4.88. The van der Waals surface area contributed by atoms with E-state index >= 15 is 0 Å². The standard InChI is InChI=1S/C15H7F6NO2S/c16-8-3-1-7(2-4-8)6-25-10(22(23)24)5-9-11(17)13(19)15(21)14(20)12(9)18/h1-5H,6H2/b10-5+. The molecule has 0 spiro atoms. The molecule has 0 amide bonds. The zero-order valence-electron chi connectivity index (χ0n) is 12.0. The minimum absolute atomic E-state index is 0.0809. The summed E-state index contributed by atoms with van der Waals surface area (Å²) in [6.45, 7) is 0. The van der Waals surface area contributed by atoms with E-state index < -0.39 is 50.4 Å². The maximum atomic E-state index is 13.6. The Hall–Kier alpha value is -2.49. The normalized spacial score (nSPS) is 11.7. The third-order valence-corrected chi connectivity index (χ3v) is 4.03.